The molecule has 0 aliphatic rings. The third kappa shape index (κ3) is 1.15. The minimum Gasteiger partial charge on any atom is -0.364 e. The number of rotatable bonds is 1. The van der Waals surface area contributed by atoms with Gasteiger partial charge in [-0.3, -0.25) is 4.79 Å². The van der Waals surface area contributed by atoms with E-state index in [9.17, 15) is 4.79 Å². The van der Waals surface area contributed by atoms with Crippen molar-refractivity contribution in [3.8, 4) is 0 Å². The van der Waals surface area contributed by atoms with Crippen LogP contribution in [0.4, 0.5) is 0 Å². The molecule has 3 rings (SSSR count). The van der Waals surface area contributed by atoms with Gasteiger partial charge in [0.2, 0.25) is 0 Å². The molecule has 0 aliphatic carbocycles. The molecule has 3 aromatic rings. The van der Waals surface area contributed by atoms with Gasteiger partial charge in [0.05, 0.1) is 0 Å². The zero-order chi connectivity index (χ0) is 11.1. The predicted octanol–water partition coefficient (Wildman–Crippen LogP) is 1.21. The monoisotopic (exact) mass is 212 g/mol. The van der Waals surface area contributed by atoms with Crippen LogP contribution in [0.3, 0.4) is 0 Å². The van der Waals surface area contributed by atoms with E-state index in [0.29, 0.717) is 5.65 Å². The highest BCUT2D eigenvalue weighted by atomic mass is 16.1. The maximum Gasteiger partial charge on any atom is 0.269 e. The lowest BCUT2D eigenvalue weighted by Crippen LogP contribution is -2.13. The van der Waals surface area contributed by atoms with Crippen molar-refractivity contribution < 1.29 is 4.79 Å². The molecule has 5 heteroatoms. The number of fused-ring (bicyclic) bond motifs is 3. The average molecular weight is 212 g/mol. The summed E-state index contributed by atoms with van der Waals surface area (Å²) < 4.78 is 0. The molecular formula is C11H8N4O. The summed E-state index contributed by atoms with van der Waals surface area (Å²) in [7, 11) is 0. The number of primary amides is 1. The summed E-state index contributed by atoms with van der Waals surface area (Å²) in [5.74, 6) is -0.570. The molecule has 0 saturated heterocycles. The summed E-state index contributed by atoms with van der Waals surface area (Å²) in [5.41, 5.74) is 6.97. The Morgan fingerprint density at radius 2 is 2.00 bits per heavy atom. The Balaban J connectivity index is 2.44. The van der Waals surface area contributed by atoms with Crippen molar-refractivity contribution in [3.63, 3.8) is 0 Å². The van der Waals surface area contributed by atoms with E-state index in [0.717, 1.165) is 16.3 Å². The molecule has 5 nitrogen and oxygen atoms in total. The molecule has 78 valence electrons. The van der Waals surface area contributed by atoms with Gasteiger partial charge in [-0.25, -0.2) is 0 Å². The molecule has 1 aromatic carbocycles. The van der Waals surface area contributed by atoms with Crippen LogP contribution in [0.5, 0.6) is 0 Å². The molecule has 1 amide bonds. The van der Waals surface area contributed by atoms with Gasteiger partial charge in [-0.1, -0.05) is 18.2 Å². The highest BCUT2D eigenvalue weighted by molar-refractivity contribution is 6.07. The fourth-order valence-electron chi connectivity index (χ4n) is 1.76. The first-order chi connectivity index (χ1) is 7.75. The van der Waals surface area contributed by atoms with Gasteiger partial charge in [0.1, 0.15) is 0 Å². The van der Waals surface area contributed by atoms with E-state index in [1.165, 1.54) is 0 Å². The van der Waals surface area contributed by atoms with Gasteiger partial charge in [-0.05, 0) is 12.1 Å². The molecule has 16 heavy (non-hydrogen) atoms. The Labute approximate surface area is 90.3 Å². The van der Waals surface area contributed by atoms with Gasteiger partial charge in [0.15, 0.2) is 11.3 Å². The van der Waals surface area contributed by atoms with Gasteiger partial charge < -0.3 is 10.7 Å². The smallest absolute Gasteiger partial charge is 0.269 e. The Bertz CT molecular complexity index is 701. The number of hydrogen-bond acceptors (Lipinski definition) is 3. The summed E-state index contributed by atoms with van der Waals surface area (Å²) in [5, 5.41) is 9.55. The molecule has 0 radical (unpaired) electrons. The second-order valence-electron chi connectivity index (χ2n) is 3.53. The average Bonchev–Trinajstić information content (AvgIpc) is 2.66. The first-order valence-electron chi connectivity index (χ1n) is 4.79. The number of benzene rings is 1. The zero-order valence-corrected chi connectivity index (χ0v) is 8.27. The van der Waals surface area contributed by atoms with E-state index >= 15 is 0 Å². The highest BCUT2D eigenvalue weighted by Crippen LogP contribution is 2.23. The van der Waals surface area contributed by atoms with Crippen LogP contribution in [0.1, 0.15) is 10.5 Å². The Hall–Kier alpha value is -2.43. The van der Waals surface area contributed by atoms with E-state index in [4.69, 9.17) is 5.73 Å². The number of nitrogens with one attached hydrogen (secondary N) is 1. The van der Waals surface area contributed by atoms with E-state index in [1.807, 2.05) is 24.3 Å². The molecule has 0 aliphatic heterocycles. The summed E-state index contributed by atoms with van der Waals surface area (Å²) in [6.07, 6.45) is 0. The number of aromatic amines is 1. The lowest BCUT2D eigenvalue weighted by Gasteiger charge is -1.93. The minimum absolute atomic E-state index is 0.178. The number of H-pyrrole nitrogens is 1. The standard InChI is InChI=1S/C11H8N4O/c12-10(16)9-5-7-6-3-1-2-4-8(6)13-11(7)15-14-9/h1-5H,(H2,12,16)(H,13,15). The molecular weight excluding hydrogens is 204 g/mol. The van der Waals surface area contributed by atoms with Gasteiger partial charge in [0, 0.05) is 16.3 Å². The van der Waals surface area contributed by atoms with Crippen LogP contribution >= 0.6 is 0 Å². The van der Waals surface area contributed by atoms with E-state index in [2.05, 4.69) is 15.2 Å². The zero-order valence-electron chi connectivity index (χ0n) is 8.27. The molecule has 2 heterocycles. The topological polar surface area (TPSA) is 84.7 Å². The molecule has 3 N–H and O–H groups in total. The third-order valence-electron chi connectivity index (χ3n) is 2.52. The summed E-state index contributed by atoms with van der Waals surface area (Å²) in [6, 6.07) is 9.42. The van der Waals surface area contributed by atoms with Crippen molar-refractivity contribution in [2.45, 2.75) is 0 Å². The lowest BCUT2D eigenvalue weighted by molar-refractivity contribution is 0.0995. The van der Waals surface area contributed by atoms with Crippen molar-refractivity contribution in [1.82, 2.24) is 15.2 Å². The van der Waals surface area contributed by atoms with Crippen LogP contribution in [-0.2, 0) is 0 Å². The van der Waals surface area contributed by atoms with E-state index in [1.54, 1.807) is 6.07 Å². The molecule has 0 unspecified atom stereocenters. The van der Waals surface area contributed by atoms with Crippen LogP contribution in [0.15, 0.2) is 30.3 Å². The van der Waals surface area contributed by atoms with Crippen molar-refractivity contribution in [3.05, 3.63) is 36.0 Å². The lowest BCUT2D eigenvalue weighted by atomic mass is 10.2. The molecule has 0 bridgehead atoms. The van der Waals surface area contributed by atoms with Crippen LogP contribution < -0.4 is 5.73 Å². The summed E-state index contributed by atoms with van der Waals surface area (Å²) >= 11 is 0. The Morgan fingerprint density at radius 3 is 2.81 bits per heavy atom. The first-order valence-corrected chi connectivity index (χ1v) is 4.79. The number of hydrogen-bond donors (Lipinski definition) is 2. The highest BCUT2D eigenvalue weighted by Gasteiger charge is 2.09. The second-order valence-corrected chi connectivity index (χ2v) is 3.53. The van der Waals surface area contributed by atoms with Crippen LogP contribution in [0.2, 0.25) is 0 Å². The van der Waals surface area contributed by atoms with E-state index < -0.39 is 5.91 Å². The largest absolute Gasteiger partial charge is 0.364 e. The first kappa shape index (κ1) is 8.84. The van der Waals surface area contributed by atoms with E-state index in [-0.39, 0.29) is 5.69 Å². The van der Waals surface area contributed by atoms with Gasteiger partial charge >= 0.3 is 0 Å². The van der Waals surface area contributed by atoms with Gasteiger partial charge in [-0.2, -0.15) is 0 Å². The number of para-hydroxylation sites is 1. The number of carbonyl (C=O) groups is 1. The molecule has 0 fully saturated rings. The normalized spacial score (nSPS) is 11.0. The number of amides is 1. The second kappa shape index (κ2) is 3.03. The molecule has 2 aromatic heterocycles. The SMILES string of the molecule is NC(=O)c1cc2c(nn1)[nH]c1ccccc12. The van der Waals surface area contributed by atoms with Crippen molar-refractivity contribution in [2.24, 2.45) is 5.73 Å². The quantitative estimate of drug-likeness (QED) is 0.635. The van der Waals surface area contributed by atoms with Gasteiger partial charge in [-0.15, -0.1) is 10.2 Å². The maximum absolute atomic E-state index is 11.0. The summed E-state index contributed by atoms with van der Waals surface area (Å²) in [4.78, 5) is 14.1. The fourth-order valence-corrected chi connectivity index (χ4v) is 1.76. The van der Waals surface area contributed by atoms with Gasteiger partial charge in [0.25, 0.3) is 5.91 Å². The number of carbonyl (C=O) groups excluding carboxylic acids is 1. The Morgan fingerprint density at radius 1 is 1.19 bits per heavy atom. The van der Waals surface area contributed by atoms with Crippen molar-refractivity contribution in [1.29, 1.82) is 0 Å². The number of nitrogens with zero attached hydrogens (tertiary/aromatic N) is 2. The van der Waals surface area contributed by atoms with Crippen molar-refractivity contribution in [2.75, 3.05) is 0 Å². The third-order valence-corrected chi connectivity index (χ3v) is 2.52. The Kier molecular flexibility index (Phi) is 1.67. The van der Waals surface area contributed by atoms with Crippen LogP contribution in [0.25, 0.3) is 21.9 Å². The number of nitrogens with two attached hydrogens (primary N) is 1. The molecule has 0 atom stereocenters. The van der Waals surface area contributed by atoms with Crippen molar-refractivity contribution >= 4 is 27.8 Å². The summed E-state index contributed by atoms with van der Waals surface area (Å²) in [6.45, 7) is 0. The van der Waals surface area contributed by atoms with Crippen LogP contribution in [-0.4, -0.2) is 21.1 Å². The molecule has 0 saturated carbocycles. The fraction of sp³-hybridized carbons (Fsp3) is 0. The number of aromatic nitrogens is 3. The minimum atomic E-state index is -0.570. The predicted molar refractivity (Wildman–Crippen MR) is 59.9 cm³/mol. The van der Waals surface area contributed by atoms with Crippen LogP contribution in [0, 0.1) is 0 Å². The maximum atomic E-state index is 11.0. The molecule has 0 spiro atoms.